The van der Waals surface area contributed by atoms with Crippen molar-refractivity contribution in [1.29, 1.82) is 0 Å². The maximum absolute atomic E-state index is 12.3. The predicted octanol–water partition coefficient (Wildman–Crippen LogP) is 2.56. The fraction of sp³-hybridized carbons (Fsp3) is 0.667. The molecule has 2 fully saturated rings. The third kappa shape index (κ3) is 5.05. The van der Waals surface area contributed by atoms with Crippen LogP contribution in [0, 0.1) is 12.5 Å². The zero-order chi connectivity index (χ0) is 18.4. The van der Waals surface area contributed by atoms with Gasteiger partial charge >= 0.3 is 6.17 Å². The Labute approximate surface area is 159 Å². The van der Waals surface area contributed by atoms with E-state index in [1.54, 1.807) is 17.3 Å². The Morgan fingerprint density at radius 1 is 1.27 bits per heavy atom. The summed E-state index contributed by atoms with van der Waals surface area (Å²) in [5, 5.41) is 7.19. The zero-order valence-corrected chi connectivity index (χ0v) is 15.6. The summed E-state index contributed by atoms with van der Waals surface area (Å²) < 4.78 is 0. The first-order valence-corrected chi connectivity index (χ1v) is 9.64. The largest absolute Gasteiger partial charge is 0.354 e. The number of hydrogen-bond acceptors (Lipinski definition) is 5. The highest BCUT2D eigenvalue weighted by molar-refractivity contribution is 6.30. The fourth-order valence-corrected chi connectivity index (χ4v) is 3.81. The monoisotopic (exact) mass is 376 g/mol. The zero-order valence-electron chi connectivity index (χ0n) is 14.8. The number of carbonyl (C=O) groups excluding carboxylic acids is 1. The Balaban J connectivity index is 1.34. The van der Waals surface area contributed by atoms with Crippen molar-refractivity contribution >= 4 is 23.5 Å². The number of anilines is 1. The second-order valence-corrected chi connectivity index (χ2v) is 7.48. The molecule has 0 spiro atoms. The summed E-state index contributed by atoms with van der Waals surface area (Å²) in [6.07, 6.45) is 9.03. The van der Waals surface area contributed by atoms with Gasteiger partial charge in [-0.25, -0.2) is 16.5 Å². The van der Waals surface area contributed by atoms with E-state index in [4.69, 9.17) is 18.2 Å². The SMILES string of the molecule is [C-]#[N+][C@@H]1CCCN1C(=O)CNC1CCC(CNc2ncc(Cl)cn2)CC1. The summed E-state index contributed by atoms with van der Waals surface area (Å²) in [5.41, 5.74) is 0. The summed E-state index contributed by atoms with van der Waals surface area (Å²) >= 11 is 5.78. The second kappa shape index (κ2) is 9.15. The van der Waals surface area contributed by atoms with Gasteiger partial charge in [0, 0.05) is 25.6 Å². The minimum Gasteiger partial charge on any atom is -0.354 e. The first kappa shape index (κ1) is 18.9. The van der Waals surface area contributed by atoms with E-state index < -0.39 is 0 Å². The van der Waals surface area contributed by atoms with Gasteiger partial charge in [-0.15, -0.1) is 0 Å². The van der Waals surface area contributed by atoms with Crippen molar-refractivity contribution in [3.8, 4) is 0 Å². The molecule has 2 heterocycles. The van der Waals surface area contributed by atoms with Crippen molar-refractivity contribution in [3.05, 3.63) is 28.8 Å². The van der Waals surface area contributed by atoms with Gasteiger partial charge in [-0.05, 0) is 38.0 Å². The number of rotatable bonds is 6. The van der Waals surface area contributed by atoms with Gasteiger partial charge in [0.2, 0.25) is 11.9 Å². The van der Waals surface area contributed by atoms with Gasteiger partial charge in [0.05, 0.1) is 24.0 Å². The summed E-state index contributed by atoms with van der Waals surface area (Å²) in [6, 6.07) is 0.385. The molecule has 0 bridgehead atoms. The van der Waals surface area contributed by atoms with Gasteiger partial charge in [-0.3, -0.25) is 14.5 Å². The first-order chi connectivity index (χ1) is 12.7. The average molecular weight is 377 g/mol. The topological polar surface area (TPSA) is 74.5 Å². The third-order valence-electron chi connectivity index (χ3n) is 5.25. The van der Waals surface area contributed by atoms with E-state index in [-0.39, 0.29) is 12.1 Å². The molecule has 2 N–H and O–H groups in total. The van der Waals surface area contributed by atoms with Crippen LogP contribution < -0.4 is 10.6 Å². The normalized spacial score (nSPS) is 25.7. The van der Waals surface area contributed by atoms with Gasteiger partial charge < -0.3 is 10.6 Å². The number of likely N-dealkylation sites (tertiary alicyclic amines) is 1. The highest BCUT2D eigenvalue weighted by atomic mass is 35.5. The molecular formula is C18H25ClN6O. The van der Waals surface area contributed by atoms with E-state index in [1.807, 2.05) is 0 Å². The number of aromatic nitrogens is 2. The van der Waals surface area contributed by atoms with Crippen LogP contribution in [-0.4, -0.2) is 52.6 Å². The molecule has 0 unspecified atom stereocenters. The van der Waals surface area contributed by atoms with Crippen LogP contribution in [0.5, 0.6) is 0 Å². The van der Waals surface area contributed by atoms with Gasteiger partial charge in [-0.1, -0.05) is 11.6 Å². The number of carbonyl (C=O) groups is 1. The molecular weight excluding hydrogens is 352 g/mol. The molecule has 140 valence electrons. The van der Waals surface area contributed by atoms with Crippen molar-refractivity contribution in [2.24, 2.45) is 5.92 Å². The Morgan fingerprint density at radius 3 is 2.69 bits per heavy atom. The molecule has 0 radical (unpaired) electrons. The molecule has 2 aliphatic rings. The molecule has 1 saturated heterocycles. The minimum atomic E-state index is -0.249. The smallest absolute Gasteiger partial charge is 0.300 e. The first-order valence-electron chi connectivity index (χ1n) is 9.26. The highest BCUT2D eigenvalue weighted by Crippen LogP contribution is 2.25. The quantitative estimate of drug-likeness (QED) is 0.746. The molecule has 3 rings (SSSR count). The molecule has 1 atom stereocenters. The van der Waals surface area contributed by atoms with Crippen molar-refractivity contribution in [2.75, 3.05) is 25.0 Å². The summed E-state index contributed by atoms with van der Waals surface area (Å²) in [6.45, 7) is 9.10. The molecule has 1 aromatic heterocycles. The molecule has 8 heteroatoms. The van der Waals surface area contributed by atoms with Crippen LogP contribution >= 0.6 is 11.6 Å². The Hall–Kier alpha value is -1.91. The molecule has 26 heavy (non-hydrogen) atoms. The van der Waals surface area contributed by atoms with Crippen LogP contribution in [0.25, 0.3) is 4.85 Å². The van der Waals surface area contributed by atoms with Gasteiger partial charge in [0.25, 0.3) is 0 Å². The molecule has 1 amide bonds. The van der Waals surface area contributed by atoms with Crippen LogP contribution in [0.4, 0.5) is 5.95 Å². The van der Waals surface area contributed by atoms with E-state index in [0.29, 0.717) is 29.5 Å². The van der Waals surface area contributed by atoms with E-state index in [0.717, 1.165) is 51.6 Å². The van der Waals surface area contributed by atoms with E-state index in [1.165, 1.54) is 0 Å². The van der Waals surface area contributed by atoms with Crippen molar-refractivity contribution in [1.82, 2.24) is 20.2 Å². The fourth-order valence-electron chi connectivity index (χ4n) is 3.72. The molecule has 7 nitrogen and oxygen atoms in total. The second-order valence-electron chi connectivity index (χ2n) is 7.04. The van der Waals surface area contributed by atoms with E-state index in [9.17, 15) is 4.79 Å². The van der Waals surface area contributed by atoms with Crippen LogP contribution in [0.15, 0.2) is 12.4 Å². The third-order valence-corrected chi connectivity index (χ3v) is 5.44. The number of nitrogens with zero attached hydrogens (tertiary/aromatic N) is 4. The number of halogens is 1. The Morgan fingerprint density at radius 2 is 2.00 bits per heavy atom. The standard InChI is InChI=1S/C18H25ClN6O/c1-20-16-3-2-8-25(16)17(26)12-21-15-6-4-13(5-7-15)9-22-18-23-10-14(19)11-24-18/h10-11,13,15-16,21H,2-9,12H2,(H,22,23,24)/t13?,15?,16-/m0/s1. The average Bonchev–Trinajstić information content (AvgIpc) is 3.15. The molecule has 1 aromatic rings. The lowest BCUT2D eigenvalue weighted by Gasteiger charge is -2.29. The lowest BCUT2D eigenvalue weighted by molar-refractivity contribution is -0.130. The van der Waals surface area contributed by atoms with Crippen LogP contribution in [0.2, 0.25) is 5.02 Å². The van der Waals surface area contributed by atoms with Crippen LogP contribution in [0.3, 0.4) is 0 Å². The summed E-state index contributed by atoms with van der Waals surface area (Å²) in [5.74, 6) is 1.26. The highest BCUT2D eigenvalue weighted by Gasteiger charge is 2.33. The van der Waals surface area contributed by atoms with Gasteiger partial charge in [0.1, 0.15) is 0 Å². The van der Waals surface area contributed by atoms with E-state index in [2.05, 4.69) is 25.4 Å². The Kier molecular flexibility index (Phi) is 6.64. The van der Waals surface area contributed by atoms with E-state index >= 15 is 0 Å². The lowest BCUT2D eigenvalue weighted by atomic mass is 9.86. The molecule has 1 saturated carbocycles. The van der Waals surface area contributed by atoms with Crippen LogP contribution in [0.1, 0.15) is 38.5 Å². The predicted molar refractivity (Wildman–Crippen MR) is 101 cm³/mol. The van der Waals surface area contributed by atoms with Crippen molar-refractivity contribution < 1.29 is 4.79 Å². The lowest BCUT2D eigenvalue weighted by Crippen LogP contribution is -2.44. The summed E-state index contributed by atoms with van der Waals surface area (Å²) in [7, 11) is 0. The van der Waals surface area contributed by atoms with Gasteiger partial charge in [-0.2, -0.15) is 0 Å². The number of amides is 1. The number of hydrogen-bond donors (Lipinski definition) is 2. The minimum absolute atomic E-state index is 0.0622. The maximum Gasteiger partial charge on any atom is 0.300 e. The molecule has 1 aliphatic carbocycles. The molecule has 0 aromatic carbocycles. The molecule has 1 aliphatic heterocycles. The van der Waals surface area contributed by atoms with Crippen molar-refractivity contribution in [2.45, 2.75) is 50.7 Å². The van der Waals surface area contributed by atoms with Crippen molar-refractivity contribution in [3.63, 3.8) is 0 Å². The van der Waals surface area contributed by atoms with Crippen LogP contribution in [-0.2, 0) is 4.79 Å². The van der Waals surface area contributed by atoms with Gasteiger partial charge in [0.15, 0.2) is 0 Å². The Bertz CT molecular complexity index is 638. The summed E-state index contributed by atoms with van der Waals surface area (Å²) in [4.78, 5) is 25.9. The maximum atomic E-state index is 12.3. The number of nitrogens with one attached hydrogen (secondary N) is 2.